The zero-order chi connectivity index (χ0) is 39.3. The number of amides is 6. The summed E-state index contributed by atoms with van der Waals surface area (Å²) in [5.74, 6) is 2.17. The van der Waals surface area contributed by atoms with E-state index in [4.69, 9.17) is 26.6 Å². The van der Waals surface area contributed by atoms with Gasteiger partial charge in [0, 0.05) is 96.5 Å². The average molecular weight is 803 g/mol. The van der Waals surface area contributed by atoms with Gasteiger partial charge in [0.15, 0.2) is 0 Å². The minimum Gasteiger partial charge on any atom is -0.374 e. The van der Waals surface area contributed by atoms with Crippen LogP contribution < -0.4 is 26.6 Å². The number of urea groups is 3. The van der Waals surface area contributed by atoms with E-state index in [-0.39, 0.29) is 23.6 Å². The van der Waals surface area contributed by atoms with Crippen molar-refractivity contribution in [2.45, 2.75) is 123 Å². The van der Waals surface area contributed by atoms with E-state index in [1.165, 1.54) is 19.3 Å². The van der Waals surface area contributed by atoms with Crippen molar-refractivity contribution in [2.24, 2.45) is 17.8 Å². The largest absolute Gasteiger partial charge is 0.500 e. The van der Waals surface area contributed by atoms with Crippen molar-refractivity contribution >= 4 is 35.7 Å². The van der Waals surface area contributed by atoms with Crippen LogP contribution >= 0.6 is 0 Å². The van der Waals surface area contributed by atoms with Crippen molar-refractivity contribution in [3.05, 3.63) is 0 Å². The second kappa shape index (κ2) is 24.6. The average Bonchev–Trinajstić information content (AvgIpc) is 3.11. The fourth-order valence-corrected chi connectivity index (χ4v) is 14.2. The fraction of sp³-hybridized carbons (Fsp3) is 0.919. The van der Waals surface area contributed by atoms with Crippen LogP contribution in [-0.4, -0.2) is 125 Å². The molecule has 54 heavy (non-hydrogen) atoms. The van der Waals surface area contributed by atoms with Crippen molar-refractivity contribution in [3.8, 4) is 0 Å². The molecule has 0 saturated heterocycles. The number of hydrogen-bond acceptors (Lipinski definition) is 9. The molecule has 0 radical (unpaired) electrons. The van der Waals surface area contributed by atoms with Gasteiger partial charge in [-0.1, -0.05) is 0 Å². The van der Waals surface area contributed by atoms with E-state index >= 15 is 0 Å². The van der Waals surface area contributed by atoms with Crippen molar-refractivity contribution < 1.29 is 40.9 Å². The van der Waals surface area contributed by atoms with Gasteiger partial charge in [-0.3, -0.25) is 0 Å². The number of nitrogens with zero attached hydrogens (tertiary/aromatic N) is 1. The first-order valence-corrected chi connectivity index (χ1v) is 24.9. The van der Waals surface area contributed by atoms with Crippen LogP contribution in [0.3, 0.4) is 0 Å². The molecule has 4 aliphatic carbocycles. The molecule has 4 bridgehead atoms. The molecule has 0 atom stereocenters. The number of nitrogens with one attached hydrogen (secondary N) is 5. The second-order valence-corrected chi connectivity index (χ2v) is 20.3. The predicted octanol–water partition coefficient (Wildman–Crippen LogP) is 5.22. The predicted molar refractivity (Wildman–Crippen MR) is 213 cm³/mol. The highest BCUT2D eigenvalue weighted by molar-refractivity contribution is 6.61. The standard InChI is InChI=1S/C37H74N6O9Si2/c1-7-47-53(48-8-2,49-9-3)23-15-19-40-34(44)38-17-13-21-43(36(46)42-37-28-31-25-32(29-37)27-33(26-31)30-37)22-14-18-39-35(45)41-20-16-24-54(50-10-4,51-11-5)52-12-6/h31-33H,7-30H2,1-6H3,(H,42,46)(H2,38,40,44)(H2,39,41,45). The summed E-state index contributed by atoms with van der Waals surface area (Å²) in [6.45, 7) is 17.5. The summed E-state index contributed by atoms with van der Waals surface area (Å²) in [5, 5.41) is 15.2. The molecule has 0 aliphatic heterocycles. The van der Waals surface area contributed by atoms with Gasteiger partial charge >= 0.3 is 35.7 Å². The summed E-state index contributed by atoms with van der Waals surface area (Å²) in [6, 6.07) is 0.738. The smallest absolute Gasteiger partial charge is 0.374 e. The number of rotatable bonds is 29. The zero-order valence-electron chi connectivity index (χ0n) is 34.3. The molecule has 5 N–H and O–H groups in total. The first kappa shape index (κ1) is 46.4. The van der Waals surface area contributed by atoms with Crippen LogP contribution in [0.2, 0.25) is 12.1 Å². The molecule has 4 rings (SSSR count). The third-order valence-electron chi connectivity index (χ3n) is 10.6. The molecule has 6 amide bonds. The van der Waals surface area contributed by atoms with Gasteiger partial charge < -0.3 is 58.0 Å². The lowest BCUT2D eigenvalue weighted by Crippen LogP contribution is -2.62. The molecule has 15 nitrogen and oxygen atoms in total. The maximum atomic E-state index is 13.8. The first-order chi connectivity index (χ1) is 26.1. The summed E-state index contributed by atoms with van der Waals surface area (Å²) in [5.41, 5.74) is -0.0970. The molecule has 0 heterocycles. The summed E-state index contributed by atoms with van der Waals surface area (Å²) in [6.07, 6.45) is 9.75. The molecule has 0 spiro atoms. The molecule has 17 heteroatoms. The monoisotopic (exact) mass is 803 g/mol. The lowest BCUT2D eigenvalue weighted by molar-refractivity contribution is -0.0157. The van der Waals surface area contributed by atoms with Crippen molar-refractivity contribution in [3.63, 3.8) is 0 Å². The maximum Gasteiger partial charge on any atom is 0.500 e. The normalized spacial score (nSPS) is 21.9. The minimum atomic E-state index is -2.74. The van der Waals surface area contributed by atoms with Crippen LogP contribution in [0.5, 0.6) is 0 Å². The van der Waals surface area contributed by atoms with Gasteiger partial charge in [-0.15, -0.1) is 0 Å². The number of carbonyl (C=O) groups excluding carboxylic acids is 3. The summed E-state index contributed by atoms with van der Waals surface area (Å²) < 4.78 is 35.4. The van der Waals surface area contributed by atoms with Gasteiger partial charge in [0.05, 0.1) is 0 Å². The summed E-state index contributed by atoms with van der Waals surface area (Å²) in [4.78, 5) is 40.9. The number of hydrogen-bond donors (Lipinski definition) is 5. The molecule has 0 unspecified atom stereocenters. The Balaban J connectivity index is 1.43. The third kappa shape index (κ3) is 15.5. The quantitative estimate of drug-likeness (QED) is 0.0503. The lowest BCUT2D eigenvalue weighted by atomic mass is 9.53. The van der Waals surface area contributed by atoms with E-state index < -0.39 is 17.6 Å². The zero-order valence-corrected chi connectivity index (χ0v) is 36.3. The van der Waals surface area contributed by atoms with Crippen LogP contribution in [0.1, 0.15) is 106 Å². The lowest BCUT2D eigenvalue weighted by Gasteiger charge is -2.57. The van der Waals surface area contributed by atoms with Crippen LogP contribution in [0.4, 0.5) is 14.4 Å². The Morgan fingerprint density at radius 2 is 0.852 bits per heavy atom. The topological polar surface area (TPSA) is 170 Å². The minimum absolute atomic E-state index is 0.0399. The summed E-state index contributed by atoms with van der Waals surface area (Å²) in [7, 11) is -5.49. The van der Waals surface area contributed by atoms with Gasteiger partial charge in [-0.05, 0) is 124 Å². The molecule has 4 saturated carbocycles. The Kier molecular flexibility index (Phi) is 21.1. The van der Waals surface area contributed by atoms with E-state index in [0.29, 0.717) is 117 Å². The molecule has 4 aliphatic rings. The Morgan fingerprint density at radius 1 is 0.537 bits per heavy atom. The highest BCUT2D eigenvalue weighted by Gasteiger charge is 2.52. The van der Waals surface area contributed by atoms with Crippen molar-refractivity contribution in [1.29, 1.82) is 0 Å². The van der Waals surface area contributed by atoms with E-state index in [1.54, 1.807) is 0 Å². The van der Waals surface area contributed by atoms with E-state index in [0.717, 1.165) is 37.0 Å². The molecule has 0 aromatic heterocycles. The van der Waals surface area contributed by atoms with Gasteiger partial charge in [-0.25, -0.2) is 14.4 Å². The summed E-state index contributed by atoms with van der Waals surface area (Å²) >= 11 is 0. The van der Waals surface area contributed by atoms with Crippen LogP contribution in [0, 0.1) is 17.8 Å². The van der Waals surface area contributed by atoms with Crippen LogP contribution in [0.15, 0.2) is 0 Å². The highest BCUT2D eigenvalue weighted by atomic mass is 28.4. The third-order valence-corrected chi connectivity index (χ3v) is 16.9. The van der Waals surface area contributed by atoms with Crippen molar-refractivity contribution in [1.82, 2.24) is 31.5 Å². The Bertz CT molecular complexity index is 987. The van der Waals surface area contributed by atoms with Gasteiger partial charge in [0.25, 0.3) is 0 Å². The van der Waals surface area contributed by atoms with Gasteiger partial charge in [0.2, 0.25) is 0 Å². The molecule has 0 aromatic carbocycles. The fourth-order valence-electron chi connectivity index (χ4n) is 8.97. The maximum absolute atomic E-state index is 13.8. The van der Waals surface area contributed by atoms with Crippen LogP contribution in [-0.2, 0) is 26.6 Å². The van der Waals surface area contributed by atoms with E-state index in [1.807, 2.05) is 46.4 Å². The van der Waals surface area contributed by atoms with E-state index in [9.17, 15) is 14.4 Å². The Morgan fingerprint density at radius 3 is 1.17 bits per heavy atom. The second-order valence-electron chi connectivity index (χ2n) is 14.9. The highest BCUT2D eigenvalue weighted by Crippen LogP contribution is 2.55. The Hall–Kier alpha value is -2.00. The Labute approximate surface area is 327 Å². The van der Waals surface area contributed by atoms with Gasteiger partial charge in [-0.2, -0.15) is 0 Å². The molecule has 314 valence electrons. The molecular formula is C37H74N6O9Si2. The molecular weight excluding hydrogens is 729 g/mol. The van der Waals surface area contributed by atoms with Gasteiger partial charge in [0.1, 0.15) is 0 Å². The van der Waals surface area contributed by atoms with Crippen LogP contribution in [0.25, 0.3) is 0 Å². The SMILES string of the molecule is CCO[Si](CCCNC(=O)NCCCN(CCCNC(=O)NCCC[Si](OCC)(OCC)OCC)C(=O)NC12CC3CC(CC(C3)C1)C2)(OCC)OCC. The molecule has 4 fully saturated rings. The first-order valence-electron chi connectivity index (χ1n) is 21.0. The van der Waals surface area contributed by atoms with Crippen molar-refractivity contribution in [2.75, 3.05) is 78.9 Å². The number of carbonyl (C=O) groups is 3. The van der Waals surface area contributed by atoms with E-state index in [2.05, 4.69) is 26.6 Å². The molecule has 0 aromatic rings.